The SMILES string of the molecule is CCS(=O)(=O)N1CC(CC#N)(n2cc(-c3nccc4nc(N)nn34)cn2)C1. The van der Waals surface area contributed by atoms with Crippen LogP contribution in [0.3, 0.4) is 0 Å². The maximum atomic E-state index is 12.1. The van der Waals surface area contributed by atoms with E-state index >= 15 is 0 Å². The van der Waals surface area contributed by atoms with Gasteiger partial charge in [0.25, 0.3) is 0 Å². The van der Waals surface area contributed by atoms with Gasteiger partial charge in [0, 0.05) is 31.5 Å². The third-order valence-corrected chi connectivity index (χ3v) is 6.48. The van der Waals surface area contributed by atoms with E-state index in [1.165, 1.54) is 8.82 Å². The fourth-order valence-electron chi connectivity index (χ4n) is 3.20. The van der Waals surface area contributed by atoms with Crippen LogP contribution in [-0.2, 0) is 15.6 Å². The van der Waals surface area contributed by atoms with Crippen molar-refractivity contribution in [3.05, 3.63) is 24.7 Å². The minimum atomic E-state index is -3.30. The zero-order valence-electron chi connectivity index (χ0n) is 14.5. The highest BCUT2D eigenvalue weighted by molar-refractivity contribution is 7.89. The molecule has 3 aromatic heterocycles. The molecule has 2 N–H and O–H groups in total. The van der Waals surface area contributed by atoms with Gasteiger partial charge in [-0.15, -0.1) is 5.10 Å². The second-order valence-electron chi connectivity index (χ2n) is 6.41. The Hall–Kier alpha value is -3.04. The summed E-state index contributed by atoms with van der Waals surface area (Å²) < 4.78 is 28.6. The molecule has 11 nitrogen and oxygen atoms in total. The number of rotatable bonds is 5. The van der Waals surface area contributed by atoms with Crippen LogP contribution in [0.15, 0.2) is 24.7 Å². The van der Waals surface area contributed by atoms with Gasteiger partial charge in [-0.2, -0.15) is 24.2 Å². The second kappa shape index (κ2) is 6.00. The van der Waals surface area contributed by atoms with Gasteiger partial charge in [0.05, 0.1) is 30.0 Å². The minimum Gasteiger partial charge on any atom is -0.366 e. The van der Waals surface area contributed by atoms with Gasteiger partial charge in [0.2, 0.25) is 16.0 Å². The first-order valence-corrected chi connectivity index (χ1v) is 9.87. The zero-order chi connectivity index (χ0) is 19.2. The Balaban J connectivity index is 1.70. The van der Waals surface area contributed by atoms with Gasteiger partial charge in [-0.05, 0) is 6.92 Å². The van der Waals surface area contributed by atoms with E-state index in [0.29, 0.717) is 17.0 Å². The molecule has 0 aromatic carbocycles. The number of sulfonamides is 1. The fourth-order valence-corrected chi connectivity index (χ4v) is 4.44. The summed E-state index contributed by atoms with van der Waals surface area (Å²) in [5.74, 6) is 0.670. The lowest BCUT2D eigenvalue weighted by molar-refractivity contribution is 0.0719. The Morgan fingerprint density at radius 1 is 1.41 bits per heavy atom. The average Bonchev–Trinajstić information content (AvgIpc) is 3.23. The molecule has 4 rings (SSSR count). The number of anilines is 1. The predicted octanol–water partition coefficient (Wildman–Crippen LogP) is -0.156. The molecular formula is C15H17N9O2S. The lowest BCUT2D eigenvalue weighted by Gasteiger charge is -2.47. The third kappa shape index (κ3) is 2.71. The molecule has 0 atom stereocenters. The van der Waals surface area contributed by atoms with Crippen LogP contribution in [0.1, 0.15) is 13.3 Å². The summed E-state index contributed by atoms with van der Waals surface area (Å²) in [7, 11) is -3.30. The smallest absolute Gasteiger partial charge is 0.240 e. The predicted molar refractivity (Wildman–Crippen MR) is 95.7 cm³/mol. The van der Waals surface area contributed by atoms with Gasteiger partial charge < -0.3 is 5.73 Å². The standard InChI is InChI=1S/C15H17N9O2S/c1-2-27(25,26)22-9-15(10-22,4-5-16)23-8-11(7-19-23)13-18-6-3-12-20-14(17)21-24(12)13/h3,6-8H,2,4,9-10H2,1H3,(H2,17,21). The fraction of sp³-hybridized carbons (Fsp3) is 0.400. The van der Waals surface area contributed by atoms with Crippen LogP contribution in [0.4, 0.5) is 5.95 Å². The van der Waals surface area contributed by atoms with E-state index in [0.717, 1.165) is 0 Å². The van der Waals surface area contributed by atoms with E-state index < -0.39 is 15.6 Å². The van der Waals surface area contributed by atoms with Gasteiger partial charge in [-0.1, -0.05) is 0 Å². The molecule has 0 saturated carbocycles. The molecule has 140 valence electrons. The Morgan fingerprint density at radius 2 is 2.19 bits per heavy atom. The van der Waals surface area contributed by atoms with Gasteiger partial charge in [-0.3, -0.25) is 4.68 Å². The van der Waals surface area contributed by atoms with Crippen molar-refractivity contribution in [2.75, 3.05) is 24.6 Å². The zero-order valence-corrected chi connectivity index (χ0v) is 15.3. The minimum absolute atomic E-state index is 0.0274. The van der Waals surface area contributed by atoms with Crippen molar-refractivity contribution in [2.24, 2.45) is 0 Å². The van der Waals surface area contributed by atoms with Gasteiger partial charge in [-0.25, -0.2) is 13.4 Å². The van der Waals surface area contributed by atoms with Gasteiger partial charge in [0.1, 0.15) is 5.54 Å². The van der Waals surface area contributed by atoms with E-state index in [2.05, 4.69) is 26.2 Å². The van der Waals surface area contributed by atoms with Crippen LogP contribution < -0.4 is 5.73 Å². The molecule has 0 bridgehead atoms. The normalized spacial score (nSPS) is 16.9. The Morgan fingerprint density at radius 3 is 2.89 bits per heavy atom. The van der Waals surface area contributed by atoms with E-state index in [1.54, 1.807) is 36.3 Å². The number of aromatic nitrogens is 6. The lowest BCUT2D eigenvalue weighted by atomic mass is 9.89. The van der Waals surface area contributed by atoms with Crippen molar-refractivity contribution in [1.82, 2.24) is 33.7 Å². The van der Waals surface area contributed by atoms with Crippen molar-refractivity contribution >= 4 is 21.6 Å². The highest BCUT2D eigenvalue weighted by Gasteiger charge is 2.49. The number of nitrogens with two attached hydrogens (primary N) is 1. The van der Waals surface area contributed by atoms with E-state index in [-0.39, 0.29) is 31.2 Å². The second-order valence-corrected chi connectivity index (χ2v) is 8.67. The van der Waals surface area contributed by atoms with E-state index in [9.17, 15) is 13.7 Å². The summed E-state index contributed by atoms with van der Waals surface area (Å²) >= 11 is 0. The van der Waals surface area contributed by atoms with Crippen LogP contribution in [-0.4, -0.2) is 60.9 Å². The van der Waals surface area contributed by atoms with Crippen LogP contribution in [0.5, 0.6) is 0 Å². The molecule has 0 unspecified atom stereocenters. The molecule has 27 heavy (non-hydrogen) atoms. The Kier molecular flexibility index (Phi) is 3.86. The molecule has 0 spiro atoms. The molecule has 0 amide bonds. The van der Waals surface area contributed by atoms with Gasteiger partial charge >= 0.3 is 0 Å². The van der Waals surface area contributed by atoms with Crippen LogP contribution in [0.2, 0.25) is 0 Å². The summed E-state index contributed by atoms with van der Waals surface area (Å²) in [5, 5.41) is 17.7. The van der Waals surface area contributed by atoms with Gasteiger partial charge in [0.15, 0.2) is 11.5 Å². The van der Waals surface area contributed by atoms with Crippen molar-refractivity contribution < 1.29 is 8.42 Å². The number of nitrogens with zero attached hydrogens (tertiary/aromatic N) is 8. The quantitative estimate of drug-likeness (QED) is 0.635. The Bertz CT molecular complexity index is 1150. The average molecular weight is 387 g/mol. The molecule has 1 saturated heterocycles. The first-order valence-electron chi connectivity index (χ1n) is 8.26. The monoisotopic (exact) mass is 387 g/mol. The summed E-state index contributed by atoms with van der Waals surface area (Å²) in [6.45, 7) is 2.03. The van der Waals surface area contributed by atoms with Crippen LogP contribution in [0, 0.1) is 11.3 Å². The van der Waals surface area contributed by atoms with Crippen molar-refractivity contribution in [3.63, 3.8) is 0 Å². The van der Waals surface area contributed by atoms with E-state index in [1.807, 2.05) is 0 Å². The summed E-state index contributed by atoms with van der Waals surface area (Å²) in [6, 6.07) is 3.83. The highest BCUT2D eigenvalue weighted by atomic mass is 32.2. The largest absolute Gasteiger partial charge is 0.366 e. The first kappa shape index (κ1) is 17.4. The topological polar surface area (TPSA) is 148 Å². The lowest BCUT2D eigenvalue weighted by Crippen LogP contribution is -2.64. The van der Waals surface area contributed by atoms with Crippen molar-refractivity contribution in [1.29, 1.82) is 5.26 Å². The van der Waals surface area contributed by atoms with E-state index in [4.69, 9.17) is 5.73 Å². The number of fused-ring (bicyclic) bond motifs is 1. The van der Waals surface area contributed by atoms with Crippen molar-refractivity contribution in [3.8, 4) is 17.5 Å². The molecule has 12 heteroatoms. The highest BCUT2D eigenvalue weighted by Crippen LogP contribution is 2.35. The number of nitriles is 1. The number of hydrogen-bond acceptors (Lipinski definition) is 8. The molecule has 3 aromatic rings. The third-order valence-electron chi connectivity index (χ3n) is 4.70. The van der Waals surface area contributed by atoms with Crippen LogP contribution in [0.25, 0.3) is 17.0 Å². The molecule has 0 aliphatic carbocycles. The summed E-state index contributed by atoms with van der Waals surface area (Å²) in [5.41, 5.74) is 6.19. The molecular weight excluding hydrogens is 370 g/mol. The Labute approximate surface area is 155 Å². The molecule has 1 aliphatic heterocycles. The number of nitrogen functional groups attached to an aromatic ring is 1. The first-order chi connectivity index (χ1) is 12.9. The van der Waals surface area contributed by atoms with Crippen LogP contribution >= 0.6 is 0 Å². The van der Waals surface area contributed by atoms with Crippen molar-refractivity contribution in [2.45, 2.75) is 18.9 Å². The molecule has 1 fully saturated rings. The number of hydrogen-bond donors (Lipinski definition) is 1. The molecule has 4 heterocycles. The maximum Gasteiger partial charge on any atom is 0.240 e. The summed E-state index contributed by atoms with van der Waals surface area (Å²) in [6.07, 6.45) is 5.10. The summed E-state index contributed by atoms with van der Waals surface area (Å²) in [4.78, 5) is 8.43. The molecule has 1 aliphatic rings. The maximum absolute atomic E-state index is 12.1. The molecule has 0 radical (unpaired) electrons.